The van der Waals surface area contributed by atoms with Crippen molar-refractivity contribution < 1.29 is 9.59 Å². The maximum atomic E-state index is 11.9. The van der Waals surface area contributed by atoms with Gasteiger partial charge in [-0.15, -0.1) is 11.3 Å². The fourth-order valence-corrected chi connectivity index (χ4v) is 3.94. The van der Waals surface area contributed by atoms with Crippen LogP contribution in [0, 0.1) is 0 Å². The van der Waals surface area contributed by atoms with Gasteiger partial charge in [0.1, 0.15) is 10.5 Å². The Bertz CT molecular complexity index is 968. The van der Waals surface area contributed by atoms with Crippen molar-refractivity contribution in [1.82, 2.24) is 10.3 Å². The van der Waals surface area contributed by atoms with Crippen LogP contribution in [0.3, 0.4) is 0 Å². The zero-order valence-electron chi connectivity index (χ0n) is 15.4. The molecule has 0 fully saturated rings. The van der Waals surface area contributed by atoms with Crippen molar-refractivity contribution in [2.75, 3.05) is 5.32 Å². The maximum absolute atomic E-state index is 11.9. The van der Waals surface area contributed by atoms with Gasteiger partial charge in [-0.05, 0) is 24.6 Å². The van der Waals surface area contributed by atoms with Crippen LogP contribution in [0.5, 0.6) is 0 Å². The summed E-state index contributed by atoms with van der Waals surface area (Å²) in [5, 5.41) is 8.59. The fraction of sp³-hybridized carbons (Fsp3) is 0.190. The number of rotatable bonds is 5. The molecule has 1 unspecified atom stereocenters. The third-order valence-corrected chi connectivity index (χ3v) is 5.25. The molecule has 0 aliphatic carbocycles. The predicted molar refractivity (Wildman–Crippen MR) is 109 cm³/mol. The van der Waals surface area contributed by atoms with E-state index in [4.69, 9.17) is 4.98 Å². The van der Waals surface area contributed by atoms with E-state index in [0.29, 0.717) is 0 Å². The largest absolute Gasteiger partial charge is 0.341 e. The number of benzene rings is 2. The minimum Gasteiger partial charge on any atom is -0.341 e. The third-order valence-electron chi connectivity index (χ3n) is 4.19. The van der Waals surface area contributed by atoms with Gasteiger partial charge >= 0.3 is 0 Å². The number of carbonyl (C=O) groups is 2. The molecule has 1 aromatic heterocycles. The van der Waals surface area contributed by atoms with Crippen molar-refractivity contribution >= 4 is 28.8 Å². The van der Waals surface area contributed by atoms with Gasteiger partial charge in [0.05, 0.1) is 5.69 Å². The number of hydrogen-bond donors (Lipinski definition) is 2. The quantitative estimate of drug-likeness (QED) is 0.699. The van der Waals surface area contributed by atoms with Crippen molar-refractivity contribution in [3.05, 3.63) is 70.5 Å². The van der Waals surface area contributed by atoms with E-state index in [1.807, 2.05) is 66.9 Å². The van der Waals surface area contributed by atoms with E-state index >= 15 is 0 Å². The Kier molecular flexibility index (Phi) is 5.37. The lowest BCUT2D eigenvalue weighted by Crippen LogP contribution is -2.43. The maximum Gasteiger partial charge on any atom is 0.221 e. The smallest absolute Gasteiger partial charge is 0.221 e. The lowest BCUT2D eigenvalue weighted by molar-refractivity contribution is -0.120. The average Bonchev–Trinajstić information content (AvgIpc) is 3.12. The minimum absolute atomic E-state index is 0.117. The summed E-state index contributed by atoms with van der Waals surface area (Å²) in [4.78, 5) is 27.9. The molecule has 2 aromatic carbocycles. The lowest BCUT2D eigenvalue weighted by atomic mass is 9.92. The topological polar surface area (TPSA) is 71.1 Å². The standard InChI is InChI=1S/C21H21N3O2S/c1-14(25)22-18-11-7-8-16(12-18)19-13-27-20(23-19)21(3,24-15(2)26)17-9-5-4-6-10-17/h4-13H,1-3H3,(H,22,25)(H,24,26). The van der Waals surface area contributed by atoms with Gasteiger partial charge in [0.15, 0.2) is 0 Å². The van der Waals surface area contributed by atoms with Crippen LogP contribution in [0.25, 0.3) is 11.3 Å². The van der Waals surface area contributed by atoms with Gasteiger partial charge in [0, 0.05) is 30.5 Å². The normalized spacial score (nSPS) is 12.9. The van der Waals surface area contributed by atoms with Crippen LogP contribution in [0.15, 0.2) is 60.0 Å². The molecule has 3 aromatic rings. The number of carbonyl (C=O) groups excluding carboxylic acids is 2. The predicted octanol–water partition coefficient (Wildman–Crippen LogP) is 4.17. The number of nitrogens with zero attached hydrogens (tertiary/aromatic N) is 1. The van der Waals surface area contributed by atoms with Crippen LogP contribution < -0.4 is 10.6 Å². The second-order valence-corrected chi connectivity index (χ2v) is 7.33. The zero-order valence-corrected chi connectivity index (χ0v) is 16.3. The van der Waals surface area contributed by atoms with E-state index < -0.39 is 5.54 Å². The molecule has 0 saturated heterocycles. The summed E-state index contributed by atoms with van der Waals surface area (Å²) in [7, 11) is 0. The summed E-state index contributed by atoms with van der Waals surface area (Å²) in [6, 6.07) is 17.3. The number of nitrogens with one attached hydrogen (secondary N) is 2. The zero-order chi connectivity index (χ0) is 19.4. The molecule has 138 valence electrons. The first kappa shape index (κ1) is 18.8. The van der Waals surface area contributed by atoms with Crippen LogP contribution in [-0.4, -0.2) is 16.8 Å². The first-order chi connectivity index (χ1) is 12.9. The highest BCUT2D eigenvalue weighted by molar-refractivity contribution is 7.10. The Labute approximate surface area is 162 Å². The number of thiazole rings is 1. The molecule has 6 heteroatoms. The van der Waals surface area contributed by atoms with Crippen LogP contribution >= 0.6 is 11.3 Å². The summed E-state index contributed by atoms with van der Waals surface area (Å²) in [6.07, 6.45) is 0. The second-order valence-electron chi connectivity index (χ2n) is 6.47. The molecule has 2 N–H and O–H groups in total. The molecule has 27 heavy (non-hydrogen) atoms. The number of anilines is 1. The summed E-state index contributed by atoms with van der Waals surface area (Å²) in [5.41, 5.74) is 2.68. The van der Waals surface area contributed by atoms with Crippen LogP contribution in [0.1, 0.15) is 31.3 Å². The molecular formula is C21H21N3O2S. The number of aromatic nitrogens is 1. The van der Waals surface area contributed by atoms with Crippen molar-refractivity contribution in [3.8, 4) is 11.3 Å². The third kappa shape index (κ3) is 4.23. The molecule has 5 nitrogen and oxygen atoms in total. The van der Waals surface area contributed by atoms with Gasteiger partial charge in [-0.3, -0.25) is 9.59 Å². The minimum atomic E-state index is -0.717. The molecular weight excluding hydrogens is 358 g/mol. The van der Waals surface area contributed by atoms with Gasteiger partial charge in [-0.1, -0.05) is 42.5 Å². The van der Waals surface area contributed by atoms with E-state index in [2.05, 4.69) is 10.6 Å². The van der Waals surface area contributed by atoms with Gasteiger partial charge in [-0.25, -0.2) is 4.98 Å². The van der Waals surface area contributed by atoms with E-state index in [0.717, 1.165) is 27.5 Å². The molecule has 0 aliphatic rings. The molecule has 1 atom stereocenters. The monoisotopic (exact) mass is 379 g/mol. The molecule has 0 spiro atoms. The second kappa shape index (κ2) is 7.72. The molecule has 3 rings (SSSR count). The van der Waals surface area contributed by atoms with E-state index in [-0.39, 0.29) is 11.8 Å². The highest BCUT2D eigenvalue weighted by atomic mass is 32.1. The number of amides is 2. The van der Waals surface area contributed by atoms with Crippen LogP contribution in [0.2, 0.25) is 0 Å². The van der Waals surface area contributed by atoms with E-state index in [1.54, 1.807) is 0 Å². The van der Waals surface area contributed by atoms with Gasteiger partial charge in [0.2, 0.25) is 11.8 Å². The Morgan fingerprint density at radius 2 is 1.74 bits per heavy atom. The SMILES string of the molecule is CC(=O)Nc1cccc(-c2csc(C(C)(NC(C)=O)c3ccccc3)n2)c1. The molecule has 0 bridgehead atoms. The van der Waals surface area contributed by atoms with Crippen LogP contribution in [-0.2, 0) is 15.1 Å². The van der Waals surface area contributed by atoms with E-state index in [9.17, 15) is 9.59 Å². The average molecular weight is 379 g/mol. The Balaban J connectivity index is 2.00. The Morgan fingerprint density at radius 3 is 2.41 bits per heavy atom. The summed E-state index contributed by atoms with van der Waals surface area (Å²) in [6.45, 7) is 4.94. The highest BCUT2D eigenvalue weighted by Crippen LogP contribution is 2.34. The molecule has 0 aliphatic heterocycles. The Morgan fingerprint density at radius 1 is 1.00 bits per heavy atom. The Hall–Kier alpha value is -2.99. The van der Waals surface area contributed by atoms with Gasteiger partial charge < -0.3 is 10.6 Å². The van der Waals surface area contributed by atoms with Crippen molar-refractivity contribution in [2.24, 2.45) is 0 Å². The van der Waals surface area contributed by atoms with Crippen molar-refractivity contribution in [3.63, 3.8) is 0 Å². The lowest BCUT2D eigenvalue weighted by Gasteiger charge is -2.29. The summed E-state index contributed by atoms with van der Waals surface area (Å²) in [5.74, 6) is -0.237. The first-order valence-corrected chi connectivity index (χ1v) is 9.45. The molecule has 2 amide bonds. The summed E-state index contributed by atoms with van der Waals surface area (Å²) >= 11 is 1.49. The van der Waals surface area contributed by atoms with Crippen LogP contribution in [0.4, 0.5) is 5.69 Å². The highest BCUT2D eigenvalue weighted by Gasteiger charge is 2.33. The van der Waals surface area contributed by atoms with E-state index in [1.165, 1.54) is 25.2 Å². The first-order valence-electron chi connectivity index (χ1n) is 8.57. The van der Waals surface area contributed by atoms with Crippen molar-refractivity contribution in [1.29, 1.82) is 0 Å². The van der Waals surface area contributed by atoms with Gasteiger partial charge in [-0.2, -0.15) is 0 Å². The molecule has 0 radical (unpaired) electrons. The van der Waals surface area contributed by atoms with Crippen molar-refractivity contribution in [2.45, 2.75) is 26.3 Å². The van der Waals surface area contributed by atoms with Gasteiger partial charge in [0.25, 0.3) is 0 Å². The fourth-order valence-electron chi connectivity index (χ4n) is 2.97. The molecule has 1 heterocycles. The molecule has 0 saturated carbocycles. The summed E-state index contributed by atoms with van der Waals surface area (Å²) < 4.78 is 0. The number of hydrogen-bond acceptors (Lipinski definition) is 4.